The molecule has 2 aromatic rings. The molecular formula is C21H27ClN2O4S. The van der Waals surface area contributed by atoms with Gasteiger partial charge in [-0.05, 0) is 48.2 Å². The summed E-state index contributed by atoms with van der Waals surface area (Å²) in [5.41, 5.74) is 0.798. The Hall–Kier alpha value is -2.09. The lowest BCUT2D eigenvalue weighted by Gasteiger charge is -2.26. The number of carbonyl (C=O) groups excluding carboxylic acids is 1. The van der Waals surface area contributed by atoms with Crippen molar-refractivity contribution in [2.45, 2.75) is 37.8 Å². The smallest absolute Gasteiger partial charge is 0.241 e. The van der Waals surface area contributed by atoms with Gasteiger partial charge in [-0.1, -0.05) is 43.6 Å². The highest BCUT2D eigenvalue weighted by molar-refractivity contribution is 7.89. The Morgan fingerprint density at radius 2 is 1.76 bits per heavy atom. The average Bonchev–Trinajstić information content (AvgIpc) is 2.68. The van der Waals surface area contributed by atoms with E-state index in [1.807, 2.05) is 32.0 Å². The molecule has 0 spiro atoms. The number of halogens is 1. The number of carbonyl (C=O) groups is 1. The first-order valence-electron chi connectivity index (χ1n) is 9.28. The minimum atomic E-state index is -3.87. The molecule has 6 nitrogen and oxygen atoms in total. The quantitative estimate of drug-likeness (QED) is 0.647. The Kier molecular flexibility index (Phi) is 8.07. The number of sulfonamides is 1. The number of nitrogens with one attached hydrogen (secondary N) is 1. The van der Waals surface area contributed by atoms with Crippen molar-refractivity contribution in [3.05, 3.63) is 59.1 Å². The molecule has 1 atom stereocenters. The van der Waals surface area contributed by atoms with Crippen LogP contribution in [0.5, 0.6) is 5.75 Å². The van der Waals surface area contributed by atoms with Crippen LogP contribution >= 0.6 is 11.6 Å². The number of hydrogen-bond acceptors (Lipinski definition) is 4. The van der Waals surface area contributed by atoms with Crippen molar-refractivity contribution >= 4 is 27.5 Å². The van der Waals surface area contributed by atoms with Crippen LogP contribution < -0.4 is 9.46 Å². The number of benzene rings is 2. The Balaban J connectivity index is 2.20. The van der Waals surface area contributed by atoms with Crippen LogP contribution in [0.4, 0.5) is 0 Å². The molecule has 8 heteroatoms. The molecule has 1 amide bonds. The minimum absolute atomic E-state index is 0.0774. The van der Waals surface area contributed by atoms with E-state index in [1.165, 1.54) is 24.1 Å². The van der Waals surface area contributed by atoms with Crippen LogP contribution in [0.1, 0.15) is 25.8 Å². The topological polar surface area (TPSA) is 75.7 Å². The van der Waals surface area contributed by atoms with Crippen LogP contribution in [-0.4, -0.2) is 39.4 Å². The molecule has 0 heterocycles. The second-order valence-corrected chi connectivity index (χ2v) is 9.39. The van der Waals surface area contributed by atoms with Gasteiger partial charge in [0.1, 0.15) is 11.8 Å². The van der Waals surface area contributed by atoms with Crippen LogP contribution in [0.25, 0.3) is 0 Å². The van der Waals surface area contributed by atoms with Crippen molar-refractivity contribution < 1.29 is 17.9 Å². The second kappa shape index (κ2) is 10.1. The van der Waals surface area contributed by atoms with E-state index >= 15 is 0 Å². The first-order chi connectivity index (χ1) is 13.6. The maximum atomic E-state index is 13.0. The summed E-state index contributed by atoms with van der Waals surface area (Å²) in [5.74, 6) is 0.366. The lowest BCUT2D eigenvalue weighted by atomic mass is 10.0. The van der Waals surface area contributed by atoms with Crippen LogP contribution in [-0.2, 0) is 21.4 Å². The Morgan fingerprint density at radius 1 is 1.14 bits per heavy atom. The van der Waals surface area contributed by atoms with E-state index < -0.39 is 16.1 Å². The molecule has 2 rings (SSSR count). The van der Waals surface area contributed by atoms with E-state index in [9.17, 15) is 13.2 Å². The molecule has 1 N–H and O–H groups in total. The monoisotopic (exact) mass is 438 g/mol. The molecule has 0 aliphatic rings. The average molecular weight is 439 g/mol. The van der Waals surface area contributed by atoms with Crippen molar-refractivity contribution in [3.63, 3.8) is 0 Å². The van der Waals surface area contributed by atoms with Gasteiger partial charge in [-0.2, -0.15) is 4.72 Å². The summed E-state index contributed by atoms with van der Waals surface area (Å²) in [6.45, 7) is 4.17. The first kappa shape index (κ1) is 23.2. The summed E-state index contributed by atoms with van der Waals surface area (Å²) in [6, 6.07) is 12.4. The zero-order chi connectivity index (χ0) is 21.6. The van der Waals surface area contributed by atoms with Crippen molar-refractivity contribution in [3.8, 4) is 5.75 Å². The third kappa shape index (κ3) is 6.45. The SMILES string of the molecule is COc1ccc(S(=O)(=O)NC(CC(C)C)C(=O)N(C)Cc2ccccc2Cl)cc1. The van der Waals surface area contributed by atoms with Gasteiger partial charge < -0.3 is 9.64 Å². The molecular weight excluding hydrogens is 412 g/mol. The predicted molar refractivity (Wildman–Crippen MR) is 114 cm³/mol. The highest BCUT2D eigenvalue weighted by Gasteiger charge is 2.29. The van der Waals surface area contributed by atoms with Gasteiger partial charge in [0.2, 0.25) is 15.9 Å². The number of methoxy groups -OCH3 is 1. The molecule has 0 saturated heterocycles. The molecule has 0 aliphatic carbocycles. The first-order valence-corrected chi connectivity index (χ1v) is 11.1. The van der Waals surface area contributed by atoms with Gasteiger partial charge >= 0.3 is 0 Å². The van der Waals surface area contributed by atoms with Crippen LogP contribution in [0.2, 0.25) is 5.02 Å². The van der Waals surface area contributed by atoms with Gasteiger partial charge in [0.25, 0.3) is 0 Å². The van der Waals surface area contributed by atoms with Gasteiger partial charge in [-0.25, -0.2) is 8.42 Å². The maximum absolute atomic E-state index is 13.0. The predicted octanol–water partition coefficient (Wildman–Crippen LogP) is 3.70. The van der Waals surface area contributed by atoms with Crippen molar-refractivity contribution in [2.24, 2.45) is 5.92 Å². The lowest BCUT2D eigenvalue weighted by Crippen LogP contribution is -2.47. The summed E-state index contributed by atoms with van der Waals surface area (Å²) in [6.07, 6.45) is 0.376. The van der Waals surface area contributed by atoms with Crippen molar-refractivity contribution in [1.29, 1.82) is 0 Å². The van der Waals surface area contributed by atoms with E-state index in [2.05, 4.69) is 4.72 Å². The number of ether oxygens (including phenoxy) is 1. The highest BCUT2D eigenvalue weighted by atomic mass is 35.5. The molecule has 0 aromatic heterocycles. The van der Waals surface area contributed by atoms with E-state index in [4.69, 9.17) is 16.3 Å². The molecule has 0 radical (unpaired) electrons. The van der Waals surface area contributed by atoms with Gasteiger partial charge in [0, 0.05) is 18.6 Å². The van der Waals surface area contributed by atoms with Gasteiger partial charge in [-0.15, -0.1) is 0 Å². The zero-order valence-corrected chi connectivity index (χ0v) is 18.6. The number of likely N-dealkylation sites (N-methyl/N-ethyl adjacent to an activating group) is 1. The summed E-state index contributed by atoms with van der Waals surface area (Å²) >= 11 is 6.19. The molecule has 2 aromatic carbocycles. The third-order valence-electron chi connectivity index (χ3n) is 4.41. The van der Waals surface area contributed by atoms with E-state index in [0.29, 0.717) is 17.2 Å². The van der Waals surface area contributed by atoms with Crippen LogP contribution in [0, 0.1) is 5.92 Å². The number of amides is 1. The number of rotatable bonds is 9. The molecule has 0 aliphatic heterocycles. The van der Waals surface area contributed by atoms with Gasteiger partial charge in [0.15, 0.2) is 0 Å². The minimum Gasteiger partial charge on any atom is -0.497 e. The Labute approximate surface area is 177 Å². The standard InChI is InChI=1S/C21H27ClN2O4S/c1-15(2)13-20(21(25)24(3)14-16-7-5-6-8-19(16)22)23-29(26,27)18-11-9-17(28-4)10-12-18/h5-12,15,20,23H,13-14H2,1-4H3. The normalized spacial score (nSPS) is 12.6. The van der Waals surface area contributed by atoms with E-state index in [-0.39, 0.29) is 23.3 Å². The van der Waals surface area contributed by atoms with E-state index in [0.717, 1.165) is 5.56 Å². The fourth-order valence-electron chi connectivity index (χ4n) is 2.91. The highest BCUT2D eigenvalue weighted by Crippen LogP contribution is 2.20. The van der Waals surface area contributed by atoms with Crippen molar-refractivity contribution in [1.82, 2.24) is 9.62 Å². The summed E-state index contributed by atoms with van der Waals surface area (Å²) in [7, 11) is -0.721. The molecule has 0 bridgehead atoms. The molecule has 158 valence electrons. The largest absolute Gasteiger partial charge is 0.497 e. The summed E-state index contributed by atoms with van der Waals surface area (Å²) in [4.78, 5) is 14.6. The number of hydrogen-bond donors (Lipinski definition) is 1. The fourth-order valence-corrected chi connectivity index (χ4v) is 4.30. The molecule has 0 saturated carbocycles. The lowest BCUT2D eigenvalue weighted by molar-refractivity contribution is -0.132. The zero-order valence-electron chi connectivity index (χ0n) is 17.1. The fraction of sp³-hybridized carbons (Fsp3) is 0.381. The maximum Gasteiger partial charge on any atom is 0.241 e. The number of nitrogens with zero attached hydrogens (tertiary/aromatic N) is 1. The Bertz CT molecular complexity index is 930. The molecule has 1 unspecified atom stereocenters. The third-order valence-corrected chi connectivity index (χ3v) is 6.27. The summed E-state index contributed by atoms with van der Waals surface area (Å²) < 4.78 is 33.3. The van der Waals surface area contributed by atoms with Gasteiger partial charge in [-0.3, -0.25) is 4.79 Å². The van der Waals surface area contributed by atoms with Crippen LogP contribution in [0.3, 0.4) is 0 Å². The van der Waals surface area contributed by atoms with Crippen molar-refractivity contribution in [2.75, 3.05) is 14.2 Å². The molecule has 29 heavy (non-hydrogen) atoms. The van der Waals surface area contributed by atoms with Gasteiger partial charge in [0.05, 0.1) is 12.0 Å². The van der Waals surface area contributed by atoms with Crippen LogP contribution in [0.15, 0.2) is 53.4 Å². The summed E-state index contributed by atoms with van der Waals surface area (Å²) in [5, 5.41) is 0.561. The Morgan fingerprint density at radius 3 is 2.31 bits per heavy atom. The second-order valence-electron chi connectivity index (χ2n) is 7.26. The molecule has 0 fully saturated rings. The van der Waals surface area contributed by atoms with E-state index in [1.54, 1.807) is 25.2 Å².